The van der Waals surface area contributed by atoms with E-state index in [9.17, 15) is 29.3 Å². The molecule has 1 aromatic rings. The van der Waals surface area contributed by atoms with Gasteiger partial charge in [0.2, 0.25) is 8.32 Å². The van der Waals surface area contributed by atoms with Gasteiger partial charge in [-0.15, -0.1) is 0 Å². The Morgan fingerprint density at radius 3 is 2.00 bits per heavy atom. The molecule has 2 aliphatic rings. The molecule has 0 aliphatic carbocycles. The molecule has 18 heteroatoms. The molecule has 3 rings (SSSR count). The Morgan fingerprint density at radius 2 is 1.49 bits per heavy atom. The van der Waals surface area contributed by atoms with Crippen LogP contribution in [0.1, 0.15) is 67.3 Å². The molecule has 0 amide bonds. The van der Waals surface area contributed by atoms with Crippen molar-refractivity contribution >= 4 is 38.1 Å². The summed E-state index contributed by atoms with van der Waals surface area (Å²) in [5, 5.41) is 11.2. The maximum Gasteiger partial charge on any atom is 0.433 e. The Morgan fingerprint density at radius 1 is 0.898 bits per heavy atom. The van der Waals surface area contributed by atoms with Crippen LogP contribution in [-0.2, 0) is 61.5 Å². The highest BCUT2D eigenvalue weighted by molar-refractivity contribution is 6.74. The van der Waals surface area contributed by atoms with Crippen LogP contribution in [0.5, 0.6) is 0 Å². The number of carbonyl (C=O) groups excluding carboxylic acids is 4. The monoisotopic (exact) mass is 715 g/mol. The van der Waals surface area contributed by atoms with E-state index in [1.807, 2.05) is 33.9 Å². The topological polar surface area (TPSA) is 208 Å². The van der Waals surface area contributed by atoms with Gasteiger partial charge in [0.05, 0.1) is 6.07 Å². The fraction of sp³-hybridized carbons (Fsp3) is 0.677. The lowest BCUT2D eigenvalue weighted by Crippen LogP contribution is -2.63. The zero-order chi connectivity index (χ0) is 36.8. The first-order valence-corrected chi connectivity index (χ1v) is 18.5. The number of esters is 4. The number of furan rings is 1. The minimum absolute atomic E-state index is 0.0310. The van der Waals surface area contributed by atoms with Gasteiger partial charge in [-0.3, -0.25) is 29.3 Å². The Bertz CT molecular complexity index is 1400. The van der Waals surface area contributed by atoms with Crippen molar-refractivity contribution in [2.75, 3.05) is 13.2 Å². The van der Waals surface area contributed by atoms with E-state index in [1.54, 1.807) is 13.0 Å². The van der Waals surface area contributed by atoms with Gasteiger partial charge in [0.1, 0.15) is 35.3 Å². The van der Waals surface area contributed by atoms with Gasteiger partial charge in [-0.2, -0.15) is 0 Å². The number of hydrogen-bond donors (Lipinski definition) is 0. The Hall–Kier alpha value is -3.84. The number of ether oxygens (including phenoxy) is 8. The lowest BCUT2D eigenvalue weighted by atomic mass is 9.97. The number of rotatable bonds is 13. The SMILES string of the molecule is CCO[C@H]1C=C(O[Si](C)(C)C(C)(C)C)[C@@H](O[C@@H]2O[C@H](COC(C)=O)[C@@H](OC(C)=O)[C@H](OC(C)=O)[C@H]2OC(C)=O)[C@@H](c2ccc([N+](=O)[O-])o2)O1. The first-order chi connectivity index (χ1) is 22.7. The number of nitro groups is 1. The number of carbonyl (C=O) groups is 4. The summed E-state index contributed by atoms with van der Waals surface area (Å²) < 4.78 is 58.7. The quantitative estimate of drug-likeness (QED) is 0.0929. The van der Waals surface area contributed by atoms with E-state index in [-0.39, 0.29) is 23.2 Å². The Labute approximate surface area is 284 Å². The molecule has 0 aromatic carbocycles. The summed E-state index contributed by atoms with van der Waals surface area (Å²) >= 11 is 0. The van der Waals surface area contributed by atoms with Crippen LogP contribution in [0.4, 0.5) is 5.88 Å². The predicted molar refractivity (Wildman–Crippen MR) is 168 cm³/mol. The second-order valence-electron chi connectivity index (χ2n) is 12.9. The third-order valence-electron chi connectivity index (χ3n) is 7.95. The van der Waals surface area contributed by atoms with E-state index in [0.29, 0.717) is 0 Å². The van der Waals surface area contributed by atoms with E-state index in [4.69, 9.17) is 46.7 Å². The third kappa shape index (κ3) is 10.3. The molecule has 1 aromatic heterocycles. The minimum atomic E-state index is -2.65. The molecule has 0 radical (unpaired) electrons. The molecule has 0 spiro atoms. The average Bonchev–Trinajstić information content (AvgIpc) is 3.45. The molecule has 3 heterocycles. The molecule has 274 valence electrons. The zero-order valence-electron chi connectivity index (χ0n) is 29.2. The van der Waals surface area contributed by atoms with Crippen molar-refractivity contribution in [2.24, 2.45) is 0 Å². The number of hydrogen-bond acceptors (Lipinski definition) is 16. The standard InChI is InChI=1S/C31H45NO16Si/c1-11-39-24-14-21(48-49(9,10)31(6,7)8)26(25(46-24)20-12-13-23(44-20)32(37)38)47-30-29(43-19(5)36)28(42-18(4)35)27(41-17(3)34)22(45-30)15-40-16(2)33/h12-14,22,24-30H,11,15H2,1-10H3/t22-,24-,25-,26-,27-,28+,29-,30+/m1/s1. The molecule has 0 saturated carbocycles. The van der Waals surface area contributed by atoms with Gasteiger partial charge in [-0.05, 0) is 31.1 Å². The fourth-order valence-electron chi connectivity index (χ4n) is 4.82. The van der Waals surface area contributed by atoms with E-state index < -0.39 is 98.8 Å². The van der Waals surface area contributed by atoms with Crippen LogP contribution in [0.2, 0.25) is 18.1 Å². The molecule has 1 fully saturated rings. The van der Waals surface area contributed by atoms with E-state index in [1.165, 1.54) is 6.07 Å². The van der Waals surface area contributed by atoms with Gasteiger partial charge in [0.25, 0.3) is 0 Å². The fourth-order valence-corrected chi connectivity index (χ4v) is 5.90. The van der Waals surface area contributed by atoms with Crippen LogP contribution in [-0.4, -0.2) is 93.4 Å². The van der Waals surface area contributed by atoms with Crippen LogP contribution in [0.3, 0.4) is 0 Å². The van der Waals surface area contributed by atoms with Crippen molar-refractivity contribution in [2.45, 2.75) is 123 Å². The summed E-state index contributed by atoms with van der Waals surface area (Å²) in [7, 11) is -2.65. The van der Waals surface area contributed by atoms with Gasteiger partial charge in [-0.25, -0.2) is 0 Å². The second kappa shape index (κ2) is 16.2. The molecule has 17 nitrogen and oxygen atoms in total. The summed E-state index contributed by atoms with van der Waals surface area (Å²) in [5.74, 6) is -3.54. The molecule has 2 aliphatic heterocycles. The van der Waals surface area contributed by atoms with Crippen molar-refractivity contribution < 1.29 is 70.8 Å². The molecule has 0 bridgehead atoms. The highest BCUT2D eigenvalue weighted by Gasteiger charge is 2.55. The number of nitrogens with zero attached hydrogens (tertiary/aromatic N) is 1. The Kier molecular flexibility index (Phi) is 13.1. The first-order valence-electron chi connectivity index (χ1n) is 15.6. The lowest BCUT2D eigenvalue weighted by molar-refractivity contribution is -0.402. The summed E-state index contributed by atoms with van der Waals surface area (Å²) in [4.78, 5) is 59.6. The largest absolute Gasteiger partial charge is 0.545 e. The van der Waals surface area contributed by atoms with Gasteiger partial charge < -0.3 is 46.7 Å². The van der Waals surface area contributed by atoms with Crippen molar-refractivity contribution in [3.63, 3.8) is 0 Å². The van der Waals surface area contributed by atoms with E-state index in [2.05, 4.69) is 0 Å². The van der Waals surface area contributed by atoms with Crippen LogP contribution in [0.15, 0.2) is 28.4 Å². The summed E-state index contributed by atoms with van der Waals surface area (Å²) in [6, 6.07) is 2.48. The average molecular weight is 716 g/mol. The summed E-state index contributed by atoms with van der Waals surface area (Å²) in [6.45, 7) is 16.0. The van der Waals surface area contributed by atoms with Crippen LogP contribution in [0.25, 0.3) is 0 Å². The van der Waals surface area contributed by atoms with Crippen LogP contribution in [0, 0.1) is 10.1 Å². The van der Waals surface area contributed by atoms with Gasteiger partial charge in [0.15, 0.2) is 37.0 Å². The molecular formula is C31H45NO16Si. The normalized spacial score (nSPS) is 27.3. The summed E-state index contributed by atoms with van der Waals surface area (Å²) in [5.41, 5.74) is 0. The first kappa shape index (κ1) is 39.6. The summed E-state index contributed by atoms with van der Waals surface area (Å²) in [6.07, 6.45) is -9.45. The van der Waals surface area contributed by atoms with E-state index in [0.717, 1.165) is 33.8 Å². The molecule has 0 unspecified atom stereocenters. The van der Waals surface area contributed by atoms with Gasteiger partial charge >= 0.3 is 29.8 Å². The smallest absolute Gasteiger partial charge is 0.433 e. The molecule has 8 atom stereocenters. The molecule has 49 heavy (non-hydrogen) atoms. The second-order valence-corrected chi connectivity index (χ2v) is 17.6. The lowest BCUT2D eigenvalue weighted by Gasteiger charge is -2.47. The van der Waals surface area contributed by atoms with Crippen molar-refractivity contribution in [3.05, 3.63) is 39.8 Å². The minimum Gasteiger partial charge on any atom is -0.545 e. The highest BCUT2D eigenvalue weighted by atomic mass is 28.4. The van der Waals surface area contributed by atoms with Crippen molar-refractivity contribution in [1.29, 1.82) is 0 Å². The van der Waals surface area contributed by atoms with Crippen molar-refractivity contribution in [1.82, 2.24) is 0 Å². The maximum atomic E-state index is 12.4. The highest BCUT2D eigenvalue weighted by Crippen LogP contribution is 2.44. The zero-order valence-corrected chi connectivity index (χ0v) is 30.2. The van der Waals surface area contributed by atoms with Crippen molar-refractivity contribution in [3.8, 4) is 0 Å². The van der Waals surface area contributed by atoms with Crippen LogP contribution < -0.4 is 0 Å². The third-order valence-corrected chi connectivity index (χ3v) is 12.3. The van der Waals surface area contributed by atoms with E-state index >= 15 is 0 Å². The molecule has 0 N–H and O–H groups in total. The maximum absolute atomic E-state index is 12.4. The van der Waals surface area contributed by atoms with Crippen LogP contribution >= 0.6 is 0 Å². The Balaban J connectivity index is 2.22. The molecule has 1 saturated heterocycles. The van der Waals surface area contributed by atoms with Gasteiger partial charge in [0, 0.05) is 40.4 Å². The van der Waals surface area contributed by atoms with Gasteiger partial charge in [-0.1, -0.05) is 20.8 Å². The molecular weight excluding hydrogens is 670 g/mol. The predicted octanol–water partition coefficient (Wildman–Crippen LogP) is 4.00.